The molecule has 0 unspecified atom stereocenters. The fourth-order valence-corrected chi connectivity index (χ4v) is 2.57. The van der Waals surface area contributed by atoms with Crippen LogP contribution in [0.2, 0.25) is 0 Å². The van der Waals surface area contributed by atoms with Gasteiger partial charge in [-0.15, -0.1) is 0 Å². The van der Waals surface area contributed by atoms with E-state index in [2.05, 4.69) is 4.90 Å². The Labute approximate surface area is 125 Å². The molecule has 0 aliphatic carbocycles. The van der Waals surface area contributed by atoms with E-state index in [1.165, 1.54) is 6.42 Å². The molecule has 5 heteroatoms. The van der Waals surface area contributed by atoms with Crippen molar-refractivity contribution in [2.24, 2.45) is 0 Å². The summed E-state index contributed by atoms with van der Waals surface area (Å²) in [5.74, 6) is -0.329. The highest BCUT2D eigenvalue weighted by Crippen LogP contribution is 2.20. The van der Waals surface area contributed by atoms with E-state index in [1.54, 1.807) is 0 Å². The second-order valence-corrected chi connectivity index (χ2v) is 5.48. The van der Waals surface area contributed by atoms with Crippen molar-refractivity contribution in [2.45, 2.75) is 31.9 Å². The molecule has 1 aliphatic rings. The van der Waals surface area contributed by atoms with Crippen molar-refractivity contribution >= 4 is 5.97 Å². The number of carbonyl (C=O) groups is 1. The van der Waals surface area contributed by atoms with Crippen molar-refractivity contribution in [3.05, 3.63) is 29.8 Å². The molecule has 116 valence electrons. The number of rotatable bonds is 7. The molecule has 1 aromatic rings. The molecule has 5 nitrogen and oxygen atoms in total. The van der Waals surface area contributed by atoms with Gasteiger partial charge in [-0.3, -0.25) is 4.90 Å². The van der Waals surface area contributed by atoms with Crippen LogP contribution in [-0.2, 0) is 16.1 Å². The van der Waals surface area contributed by atoms with Gasteiger partial charge in [0.05, 0.1) is 6.10 Å². The van der Waals surface area contributed by atoms with Crippen LogP contribution in [0, 0.1) is 0 Å². The number of hydrogen-bond donors (Lipinski definition) is 1. The molecule has 0 aromatic heterocycles. The third-order valence-corrected chi connectivity index (χ3v) is 3.55. The smallest absolute Gasteiger partial charge is 0.341 e. The number of likely N-dealkylation sites (N-methyl/N-ethyl adjacent to an activating group) is 1. The zero-order chi connectivity index (χ0) is 15.1. The topological polar surface area (TPSA) is 59.0 Å². The molecule has 0 amide bonds. The van der Waals surface area contributed by atoms with Gasteiger partial charge in [-0.05, 0) is 32.4 Å². The van der Waals surface area contributed by atoms with Crippen molar-refractivity contribution in [3.63, 3.8) is 0 Å². The first-order valence-corrected chi connectivity index (χ1v) is 7.38. The Bertz CT molecular complexity index is 457. The van der Waals surface area contributed by atoms with Gasteiger partial charge in [0.1, 0.15) is 5.75 Å². The third-order valence-electron chi connectivity index (χ3n) is 3.55. The number of nitrogens with zero attached hydrogens (tertiary/aromatic N) is 1. The number of ether oxygens (including phenoxy) is 2. The summed E-state index contributed by atoms with van der Waals surface area (Å²) in [5.41, 5.74) is 0.997. The van der Waals surface area contributed by atoms with Gasteiger partial charge in [-0.2, -0.15) is 0 Å². The van der Waals surface area contributed by atoms with Crippen LogP contribution in [0.4, 0.5) is 0 Å². The number of carboxylic acids is 1. The lowest BCUT2D eigenvalue weighted by atomic mass is 10.1. The number of benzene rings is 1. The molecule has 1 saturated heterocycles. The lowest BCUT2D eigenvalue weighted by molar-refractivity contribution is -0.139. The summed E-state index contributed by atoms with van der Waals surface area (Å²) in [6.07, 6.45) is 3.81. The second-order valence-electron chi connectivity index (χ2n) is 5.48. The molecule has 1 atom stereocenters. The standard InChI is InChI=1S/C16H23NO4/c1-17(11-14-7-4-5-9-20-14)10-13-6-2-3-8-15(13)21-12-16(18)19/h2-3,6,8,14H,4-5,7,9-12H2,1H3,(H,18,19)/t14-/m0/s1. The average molecular weight is 293 g/mol. The Balaban J connectivity index is 1.89. The van der Waals surface area contributed by atoms with E-state index >= 15 is 0 Å². The first-order chi connectivity index (χ1) is 10.1. The highest BCUT2D eigenvalue weighted by Gasteiger charge is 2.16. The summed E-state index contributed by atoms with van der Waals surface area (Å²) in [6, 6.07) is 7.57. The quantitative estimate of drug-likeness (QED) is 0.834. The van der Waals surface area contributed by atoms with Crippen molar-refractivity contribution in [1.29, 1.82) is 0 Å². The fraction of sp³-hybridized carbons (Fsp3) is 0.562. The maximum Gasteiger partial charge on any atom is 0.341 e. The minimum Gasteiger partial charge on any atom is -0.482 e. The Morgan fingerprint density at radius 3 is 2.95 bits per heavy atom. The normalized spacial score (nSPS) is 18.7. The van der Waals surface area contributed by atoms with E-state index in [4.69, 9.17) is 14.6 Å². The van der Waals surface area contributed by atoms with Gasteiger partial charge in [0, 0.05) is 25.3 Å². The summed E-state index contributed by atoms with van der Waals surface area (Å²) in [7, 11) is 2.05. The van der Waals surface area contributed by atoms with Gasteiger partial charge in [0.15, 0.2) is 6.61 Å². The van der Waals surface area contributed by atoms with Crippen LogP contribution in [0.15, 0.2) is 24.3 Å². The molecule has 0 bridgehead atoms. The molecular weight excluding hydrogens is 270 g/mol. The van der Waals surface area contributed by atoms with Gasteiger partial charge in [0.25, 0.3) is 0 Å². The van der Waals surface area contributed by atoms with Crippen LogP contribution < -0.4 is 4.74 Å². The van der Waals surface area contributed by atoms with Gasteiger partial charge < -0.3 is 14.6 Å². The van der Waals surface area contributed by atoms with E-state index in [1.807, 2.05) is 31.3 Å². The van der Waals surface area contributed by atoms with Crippen LogP contribution in [0.25, 0.3) is 0 Å². The lowest BCUT2D eigenvalue weighted by Gasteiger charge is -2.27. The zero-order valence-corrected chi connectivity index (χ0v) is 12.5. The minimum absolute atomic E-state index is 0.302. The molecule has 1 fully saturated rings. The lowest BCUT2D eigenvalue weighted by Crippen LogP contribution is -2.33. The zero-order valence-electron chi connectivity index (χ0n) is 12.5. The van der Waals surface area contributed by atoms with E-state index in [0.717, 1.165) is 38.1 Å². The predicted octanol–water partition coefficient (Wildman–Crippen LogP) is 2.15. The van der Waals surface area contributed by atoms with Crippen molar-refractivity contribution in [3.8, 4) is 5.75 Å². The molecule has 2 rings (SSSR count). The number of carboxylic acid groups (broad SMARTS) is 1. The molecule has 1 aliphatic heterocycles. The molecule has 21 heavy (non-hydrogen) atoms. The molecule has 1 aromatic carbocycles. The Morgan fingerprint density at radius 1 is 1.43 bits per heavy atom. The maximum absolute atomic E-state index is 10.6. The Hall–Kier alpha value is -1.59. The van der Waals surface area contributed by atoms with Crippen LogP contribution in [0.5, 0.6) is 5.75 Å². The van der Waals surface area contributed by atoms with Crippen LogP contribution >= 0.6 is 0 Å². The number of para-hydroxylation sites is 1. The molecule has 0 saturated carbocycles. The third kappa shape index (κ3) is 5.36. The highest BCUT2D eigenvalue weighted by atomic mass is 16.5. The van der Waals surface area contributed by atoms with E-state index in [9.17, 15) is 4.79 Å². The van der Waals surface area contributed by atoms with Gasteiger partial charge in [-0.1, -0.05) is 18.2 Å². The molecule has 1 heterocycles. The van der Waals surface area contributed by atoms with Crippen LogP contribution in [-0.4, -0.2) is 48.9 Å². The predicted molar refractivity (Wildman–Crippen MR) is 79.5 cm³/mol. The summed E-state index contributed by atoms with van der Waals surface area (Å²) < 4.78 is 11.1. The second kappa shape index (κ2) is 8.00. The Morgan fingerprint density at radius 2 is 2.24 bits per heavy atom. The van der Waals surface area contributed by atoms with Crippen LogP contribution in [0.1, 0.15) is 24.8 Å². The van der Waals surface area contributed by atoms with Crippen molar-refractivity contribution in [1.82, 2.24) is 4.90 Å². The van der Waals surface area contributed by atoms with Crippen molar-refractivity contribution in [2.75, 3.05) is 26.8 Å². The maximum atomic E-state index is 10.6. The van der Waals surface area contributed by atoms with Gasteiger partial charge >= 0.3 is 5.97 Å². The van der Waals surface area contributed by atoms with E-state index in [-0.39, 0.29) is 6.61 Å². The first kappa shape index (κ1) is 15.8. The number of hydrogen-bond acceptors (Lipinski definition) is 4. The SMILES string of the molecule is CN(Cc1ccccc1OCC(=O)O)C[C@@H]1CCCCO1. The first-order valence-electron chi connectivity index (χ1n) is 7.38. The fourth-order valence-electron chi connectivity index (χ4n) is 2.57. The largest absolute Gasteiger partial charge is 0.482 e. The molecular formula is C16H23NO4. The summed E-state index contributed by atoms with van der Waals surface area (Å²) in [5, 5.41) is 8.71. The Kier molecular flexibility index (Phi) is 6.02. The van der Waals surface area contributed by atoms with E-state index < -0.39 is 5.97 Å². The molecule has 1 N–H and O–H groups in total. The monoisotopic (exact) mass is 293 g/mol. The summed E-state index contributed by atoms with van der Waals surface area (Å²) in [4.78, 5) is 12.8. The summed E-state index contributed by atoms with van der Waals surface area (Å²) in [6.45, 7) is 2.15. The van der Waals surface area contributed by atoms with Gasteiger partial charge in [0.2, 0.25) is 0 Å². The van der Waals surface area contributed by atoms with Crippen molar-refractivity contribution < 1.29 is 19.4 Å². The average Bonchev–Trinajstić information content (AvgIpc) is 2.47. The van der Waals surface area contributed by atoms with Crippen LogP contribution in [0.3, 0.4) is 0 Å². The van der Waals surface area contributed by atoms with Gasteiger partial charge in [-0.25, -0.2) is 4.79 Å². The highest BCUT2D eigenvalue weighted by molar-refractivity contribution is 5.68. The summed E-state index contributed by atoms with van der Waals surface area (Å²) >= 11 is 0. The molecule has 0 spiro atoms. The van der Waals surface area contributed by atoms with E-state index in [0.29, 0.717) is 11.9 Å². The number of aliphatic carboxylic acids is 1. The minimum atomic E-state index is -0.964. The molecule has 0 radical (unpaired) electrons.